The Morgan fingerprint density at radius 3 is 2.50 bits per heavy atom. The molecule has 0 unspecified atom stereocenters. The Balaban J connectivity index is 1.87. The second-order valence-corrected chi connectivity index (χ2v) is 8.77. The van der Waals surface area contributed by atoms with Crippen LogP contribution in [0.5, 0.6) is 0 Å². The first-order valence-electron chi connectivity index (χ1n) is 8.06. The first kappa shape index (κ1) is 16.8. The maximum atomic E-state index is 12.9. The zero-order chi connectivity index (χ0) is 18.3. The van der Waals surface area contributed by atoms with Crippen LogP contribution in [0.4, 0.5) is 5.82 Å². The number of imidazole rings is 1. The molecule has 0 aliphatic rings. The predicted molar refractivity (Wildman–Crippen MR) is 105 cm³/mol. The molecule has 0 saturated heterocycles. The van der Waals surface area contributed by atoms with Gasteiger partial charge in [-0.05, 0) is 55.1 Å². The lowest BCUT2D eigenvalue weighted by atomic mass is 10.2. The van der Waals surface area contributed by atoms with E-state index in [1.165, 1.54) is 11.3 Å². The van der Waals surface area contributed by atoms with Crippen molar-refractivity contribution in [1.82, 2.24) is 9.38 Å². The van der Waals surface area contributed by atoms with Crippen molar-refractivity contribution in [3.05, 3.63) is 71.2 Å². The van der Waals surface area contributed by atoms with Crippen molar-refractivity contribution in [2.24, 2.45) is 0 Å². The lowest BCUT2D eigenvalue weighted by Gasteiger charge is -2.10. The number of aryl methyl sites for hydroxylation is 2. The topological polar surface area (TPSA) is 63.5 Å². The van der Waals surface area contributed by atoms with E-state index in [0.29, 0.717) is 17.2 Å². The number of thiophene rings is 1. The average Bonchev–Trinajstić information content (AvgIpc) is 3.23. The van der Waals surface area contributed by atoms with E-state index >= 15 is 0 Å². The quantitative estimate of drug-likeness (QED) is 0.565. The third-order valence-electron chi connectivity index (χ3n) is 4.10. The highest BCUT2D eigenvalue weighted by Crippen LogP contribution is 2.33. The van der Waals surface area contributed by atoms with E-state index in [-0.39, 0.29) is 4.90 Å². The number of nitrogens with one attached hydrogen (secondary N) is 1. The number of fused-ring (bicyclic) bond motifs is 1. The van der Waals surface area contributed by atoms with Crippen LogP contribution < -0.4 is 4.72 Å². The van der Waals surface area contributed by atoms with Crippen LogP contribution in [-0.2, 0) is 10.0 Å². The normalized spacial score (nSPS) is 11.8. The van der Waals surface area contributed by atoms with E-state index in [2.05, 4.69) is 9.71 Å². The van der Waals surface area contributed by atoms with Crippen molar-refractivity contribution in [1.29, 1.82) is 0 Å². The Morgan fingerprint density at radius 2 is 1.81 bits per heavy atom. The highest BCUT2D eigenvalue weighted by Gasteiger charge is 2.21. The molecular formula is C19H17N3O2S2. The molecule has 3 heterocycles. The van der Waals surface area contributed by atoms with E-state index < -0.39 is 10.0 Å². The van der Waals surface area contributed by atoms with Gasteiger partial charge in [0.15, 0.2) is 5.82 Å². The number of benzene rings is 1. The fourth-order valence-corrected chi connectivity index (χ4v) is 4.51. The Bertz CT molecular complexity index is 1180. The predicted octanol–water partition coefficient (Wildman–Crippen LogP) is 4.48. The van der Waals surface area contributed by atoms with Crippen molar-refractivity contribution in [3.63, 3.8) is 0 Å². The Hall–Kier alpha value is -2.64. The van der Waals surface area contributed by atoms with Crippen molar-refractivity contribution in [2.75, 3.05) is 4.72 Å². The molecular weight excluding hydrogens is 366 g/mol. The molecule has 1 N–H and O–H groups in total. The summed E-state index contributed by atoms with van der Waals surface area (Å²) in [6, 6.07) is 14.5. The monoisotopic (exact) mass is 383 g/mol. The molecule has 0 radical (unpaired) electrons. The number of rotatable bonds is 4. The molecule has 1 aromatic carbocycles. The van der Waals surface area contributed by atoms with Gasteiger partial charge in [-0.25, -0.2) is 13.4 Å². The minimum absolute atomic E-state index is 0.224. The van der Waals surface area contributed by atoms with Crippen molar-refractivity contribution < 1.29 is 8.42 Å². The van der Waals surface area contributed by atoms with Gasteiger partial charge in [0.2, 0.25) is 0 Å². The SMILES string of the molecule is Cc1ccc(S(=O)(=O)Nc2c(-c3cccs3)nc3cc(C)ccn23)cc1. The van der Waals surface area contributed by atoms with Crippen LogP contribution in [0, 0.1) is 13.8 Å². The summed E-state index contributed by atoms with van der Waals surface area (Å²) in [6.07, 6.45) is 1.84. The van der Waals surface area contributed by atoms with E-state index in [9.17, 15) is 8.42 Å². The van der Waals surface area contributed by atoms with Gasteiger partial charge < -0.3 is 0 Å². The van der Waals surface area contributed by atoms with E-state index in [1.807, 2.05) is 49.7 Å². The van der Waals surface area contributed by atoms with Crippen molar-refractivity contribution in [3.8, 4) is 10.6 Å². The zero-order valence-corrected chi connectivity index (χ0v) is 15.9. The van der Waals surface area contributed by atoms with Gasteiger partial charge in [-0.1, -0.05) is 23.8 Å². The van der Waals surface area contributed by atoms with Crippen LogP contribution in [0.25, 0.3) is 16.2 Å². The number of hydrogen-bond acceptors (Lipinski definition) is 4. The van der Waals surface area contributed by atoms with E-state index in [4.69, 9.17) is 0 Å². The van der Waals surface area contributed by atoms with Crippen LogP contribution in [-0.4, -0.2) is 17.8 Å². The molecule has 0 aliphatic carbocycles. The molecule has 0 saturated carbocycles. The summed E-state index contributed by atoms with van der Waals surface area (Å²) in [5.41, 5.74) is 3.40. The number of pyridine rings is 1. The molecule has 4 aromatic rings. The number of sulfonamides is 1. The van der Waals surface area contributed by atoms with Gasteiger partial charge in [-0.2, -0.15) is 0 Å². The Morgan fingerprint density at radius 1 is 1.04 bits per heavy atom. The maximum absolute atomic E-state index is 12.9. The highest BCUT2D eigenvalue weighted by molar-refractivity contribution is 7.92. The zero-order valence-electron chi connectivity index (χ0n) is 14.3. The maximum Gasteiger partial charge on any atom is 0.263 e. The number of hydrogen-bond donors (Lipinski definition) is 1. The van der Waals surface area contributed by atoms with Gasteiger partial charge in [0.1, 0.15) is 11.3 Å². The number of aromatic nitrogens is 2. The molecule has 0 atom stereocenters. The first-order valence-corrected chi connectivity index (χ1v) is 10.4. The largest absolute Gasteiger partial charge is 0.285 e. The fourth-order valence-electron chi connectivity index (χ4n) is 2.73. The fraction of sp³-hybridized carbons (Fsp3) is 0.105. The van der Waals surface area contributed by atoms with Crippen LogP contribution in [0.3, 0.4) is 0 Å². The molecule has 0 amide bonds. The summed E-state index contributed by atoms with van der Waals surface area (Å²) in [6.45, 7) is 3.90. The van der Waals surface area contributed by atoms with Gasteiger partial charge >= 0.3 is 0 Å². The Kier molecular flexibility index (Phi) is 4.05. The van der Waals surface area contributed by atoms with Gasteiger partial charge in [0.25, 0.3) is 10.0 Å². The third-order valence-corrected chi connectivity index (χ3v) is 6.33. The van der Waals surface area contributed by atoms with E-state index in [0.717, 1.165) is 16.0 Å². The van der Waals surface area contributed by atoms with Gasteiger partial charge in [0, 0.05) is 6.20 Å². The minimum Gasteiger partial charge on any atom is -0.285 e. The van der Waals surface area contributed by atoms with Crippen LogP contribution in [0.2, 0.25) is 0 Å². The molecule has 5 nitrogen and oxygen atoms in total. The average molecular weight is 383 g/mol. The molecule has 4 rings (SSSR count). The molecule has 0 spiro atoms. The van der Waals surface area contributed by atoms with Crippen molar-refractivity contribution >= 4 is 32.8 Å². The van der Waals surface area contributed by atoms with Gasteiger partial charge in [-0.3, -0.25) is 9.12 Å². The summed E-state index contributed by atoms with van der Waals surface area (Å²) < 4.78 is 30.3. The summed E-state index contributed by atoms with van der Waals surface area (Å²) in [5, 5.41) is 1.95. The summed E-state index contributed by atoms with van der Waals surface area (Å²) in [4.78, 5) is 5.79. The van der Waals surface area contributed by atoms with Gasteiger partial charge in [0.05, 0.1) is 9.77 Å². The number of anilines is 1. The van der Waals surface area contributed by atoms with Crippen molar-refractivity contribution in [2.45, 2.75) is 18.7 Å². The number of nitrogens with zero attached hydrogens (tertiary/aromatic N) is 2. The second-order valence-electron chi connectivity index (χ2n) is 6.14. The second kappa shape index (κ2) is 6.26. The summed E-state index contributed by atoms with van der Waals surface area (Å²) >= 11 is 1.52. The van der Waals surface area contributed by atoms with Crippen LogP contribution in [0.1, 0.15) is 11.1 Å². The third kappa shape index (κ3) is 3.00. The summed E-state index contributed by atoms with van der Waals surface area (Å²) in [5.74, 6) is 0.447. The molecule has 132 valence electrons. The van der Waals surface area contributed by atoms with Crippen LogP contribution in [0.15, 0.2) is 65.0 Å². The highest BCUT2D eigenvalue weighted by atomic mass is 32.2. The first-order chi connectivity index (χ1) is 12.4. The van der Waals surface area contributed by atoms with Gasteiger partial charge in [-0.15, -0.1) is 11.3 Å². The molecule has 0 bridgehead atoms. The molecule has 26 heavy (non-hydrogen) atoms. The molecule has 0 aliphatic heterocycles. The lowest BCUT2D eigenvalue weighted by molar-refractivity contribution is 0.601. The molecule has 0 fully saturated rings. The molecule has 3 aromatic heterocycles. The smallest absolute Gasteiger partial charge is 0.263 e. The molecule has 7 heteroatoms. The minimum atomic E-state index is -3.72. The Labute approximate surface area is 156 Å². The van der Waals surface area contributed by atoms with E-state index in [1.54, 1.807) is 28.7 Å². The standard InChI is InChI=1S/C19H17N3O2S2/c1-13-5-7-15(8-6-13)26(23,24)21-19-18(16-4-3-11-25-16)20-17-12-14(2)9-10-22(17)19/h3-12,21H,1-2H3. The lowest BCUT2D eigenvalue weighted by Crippen LogP contribution is -2.14. The summed E-state index contributed by atoms with van der Waals surface area (Å²) in [7, 11) is -3.72. The van der Waals surface area contributed by atoms with Crippen LogP contribution >= 0.6 is 11.3 Å².